The highest BCUT2D eigenvalue weighted by Gasteiger charge is 2.21. The first kappa shape index (κ1) is 13.4. The van der Waals surface area contributed by atoms with Gasteiger partial charge in [-0.15, -0.1) is 0 Å². The van der Waals surface area contributed by atoms with E-state index in [-0.39, 0.29) is 0 Å². The molecule has 17 heavy (non-hydrogen) atoms. The molecular formula is C15H30N2. The largest absolute Gasteiger partial charge is 0.313 e. The zero-order valence-corrected chi connectivity index (χ0v) is 11.6. The summed E-state index contributed by atoms with van der Waals surface area (Å²) in [6.45, 7) is 6.16. The van der Waals surface area contributed by atoms with Crippen molar-refractivity contribution in [2.45, 2.75) is 76.8 Å². The van der Waals surface area contributed by atoms with Gasteiger partial charge in [0.1, 0.15) is 0 Å². The number of nitrogens with one attached hydrogen (secondary N) is 1. The van der Waals surface area contributed by atoms with Gasteiger partial charge in [-0.05, 0) is 38.6 Å². The van der Waals surface area contributed by atoms with E-state index in [9.17, 15) is 0 Å². The van der Waals surface area contributed by atoms with Crippen molar-refractivity contribution in [3.63, 3.8) is 0 Å². The van der Waals surface area contributed by atoms with Crippen LogP contribution in [0.25, 0.3) is 0 Å². The van der Waals surface area contributed by atoms with Crippen LogP contribution in [0.4, 0.5) is 0 Å². The third kappa shape index (κ3) is 4.26. The van der Waals surface area contributed by atoms with Crippen molar-refractivity contribution in [3.05, 3.63) is 0 Å². The Labute approximate surface area is 107 Å². The third-order valence-electron chi connectivity index (χ3n) is 4.56. The molecule has 0 aromatic heterocycles. The van der Waals surface area contributed by atoms with Crippen LogP contribution in [0.15, 0.2) is 0 Å². The highest BCUT2D eigenvalue weighted by atomic mass is 15.2. The van der Waals surface area contributed by atoms with Crippen molar-refractivity contribution in [3.8, 4) is 0 Å². The van der Waals surface area contributed by atoms with Crippen molar-refractivity contribution in [2.75, 3.05) is 19.6 Å². The standard InChI is InChI=1S/C15H30N2/c1-2-7-15-10-5-6-12-17(15)13-11-16-14-8-3-4-9-14/h14-16H,2-13H2,1H3. The molecule has 1 unspecified atom stereocenters. The summed E-state index contributed by atoms with van der Waals surface area (Å²) < 4.78 is 0. The monoisotopic (exact) mass is 238 g/mol. The summed E-state index contributed by atoms with van der Waals surface area (Å²) in [5.74, 6) is 0. The van der Waals surface area contributed by atoms with Crippen molar-refractivity contribution < 1.29 is 0 Å². The van der Waals surface area contributed by atoms with Crippen LogP contribution in [-0.2, 0) is 0 Å². The molecule has 2 nitrogen and oxygen atoms in total. The molecular weight excluding hydrogens is 208 g/mol. The number of hydrogen-bond donors (Lipinski definition) is 1. The molecule has 2 aliphatic rings. The van der Waals surface area contributed by atoms with Crippen LogP contribution in [0.5, 0.6) is 0 Å². The van der Waals surface area contributed by atoms with Crippen LogP contribution in [0.1, 0.15) is 64.7 Å². The van der Waals surface area contributed by atoms with E-state index in [4.69, 9.17) is 0 Å². The number of likely N-dealkylation sites (tertiary alicyclic amines) is 1. The fourth-order valence-corrected chi connectivity index (χ4v) is 3.56. The Morgan fingerprint density at radius 3 is 2.59 bits per heavy atom. The molecule has 1 saturated carbocycles. The summed E-state index contributed by atoms with van der Waals surface area (Å²) in [6, 6.07) is 1.73. The van der Waals surface area contributed by atoms with Gasteiger partial charge in [-0.1, -0.05) is 32.6 Å². The van der Waals surface area contributed by atoms with Gasteiger partial charge in [0.25, 0.3) is 0 Å². The molecule has 100 valence electrons. The molecule has 2 rings (SSSR count). The molecule has 0 bridgehead atoms. The minimum absolute atomic E-state index is 0.837. The number of nitrogens with zero attached hydrogens (tertiary/aromatic N) is 1. The SMILES string of the molecule is CCCC1CCCCN1CCNC1CCCC1. The Kier molecular flexibility index (Phi) is 5.79. The van der Waals surface area contributed by atoms with Crippen LogP contribution in [0.3, 0.4) is 0 Å². The smallest absolute Gasteiger partial charge is 0.0110 e. The van der Waals surface area contributed by atoms with Gasteiger partial charge < -0.3 is 5.32 Å². The lowest BCUT2D eigenvalue weighted by Gasteiger charge is -2.36. The maximum Gasteiger partial charge on any atom is 0.0110 e. The lowest BCUT2D eigenvalue weighted by molar-refractivity contribution is 0.139. The summed E-state index contributed by atoms with van der Waals surface area (Å²) in [6.07, 6.45) is 12.8. The van der Waals surface area contributed by atoms with Crippen LogP contribution < -0.4 is 5.32 Å². The summed E-state index contributed by atoms with van der Waals surface area (Å²) in [4.78, 5) is 2.74. The molecule has 1 aliphatic heterocycles. The fourth-order valence-electron chi connectivity index (χ4n) is 3.56. The van der Waals surface area contributed by atoms with E-state index in [1.807, 2.05) is 0 Å². The average Bonchev–Trinajstić information content (AvgIpc) is 2.85. The Hall–Kier alpha value is -0.0800. The second-order valence-electron chi connectivity index (χ2n) is 5.91. The molecule has 2 heteroatoms. The van der Waals surface area contributed by atoms with Gasteiger partial charge in [-0.3, -0.25) is 4.90 Å². The second kappa shape index (κ2) is 7.38. The minimum atomic E-state index is 0.837. The topological polar surface area (TPSA) is 15.3 Å². The third-order valence-corrected chi connectivity index (χ3v) is 4.56. The van der Waals surface area contributed by atoms with Crippen molar-refractivity contribution >= 4 is 0 Å². The molecule has 2 fully saturated rings. The zero-order valence-electron chi connectivity index (χ0n) is 11.6. The molecule has 1 saturated heterocycles. The highest BCUT2D eigenvalue weighted by molar-refractivity contribution is 4.79. The molecule has 0 aromatic carbocycles. The molecule has 1 heterocycles. The van der Waals surface area contributed by atoms with E-state index in [0.29, 0.717) is 0 Å². The summed E-state index contributed by atoms with van der Waals surface area (Å²) >= 11 is 0. The average molecular weight is 238 g/mol. The van der Waals surface area contributed by atoms with Crippen molar-refractivity contribution in [1.82, 2.24) is 10.2 Å². The normalized spacial score (nSPS) is 27.7. The Balaban J connectivity index is 1.64. The highest BCUT2D eigenvalue weighted by Crippen LogP contribution is 2.21. The quantitative estimate of drug-likeness (QED) is 0.764. The van der Waals surface area contributed by atoms with Gasteiger partial charge in [0.2, 0.25) is 0 Å². The first-order valence-electron chi connectivity index (χ1n) is 7.87. The maximum absolute atomic E-state index is 3.75. The molecule has 1 N–H and O–H groups in total. The lowest BCUT2D eigenvalue weighted by Crippen LogP contribution is -2.44. The first-order chi connectivity index (χ1) is 8.40. The lowest BCUT2D eigenvalue weighted by atomic mass is 9.98. The Bertz CT molecular complexity index is 197. The minimum Gasteiger partial charge on any atom is -0.313 e. The number of hydrogen-bond acceptors (Lipinski definition) is 2. The van der Waals surface area contributed by atoms with Crippen LogP contribution >= 0.6 is 0 Å². The van der Waals surface area contributed by atoms with E-state index in [1.54, 1.807) is 0 Å². The van der Waals surface area contributed by atoms with Gasteiger partial charge in [0, 0.05) is 25.2 Å². The molecule has 0 amide bonds. The summed E-state index contributed by atoms with van der Waals surface area (Å²) in [5, 5.41) is 3.75. The zero-order chi connectivity index (χ0) is 11.9. The molecule has 0 radical (unpaired) electrons. The van der Waals surface area contributed by atoms with E-state index in [1.165, 1.54) is 77.4 Å². The van der Waals surface area contributed by atoms with Gasteiger partial charge in [-0.25, -0.2) is 0 Å². The first-order valence-corrected chi connectivity index (χ1v) is 7.87. The summed E-state index contributed by atoms with van der Waals surface area (Å²) in [7, 11) is 0. The fraction of sp³-hybridized carbons (Fsp3) is 1.00. The molecule has 0 aromatic rings. The van der Waals surface area contributed by atoms with E-state index < -0.39 is 0 Å². The van der Waals surface area contributed by atoms with E-state index in [2.05, 4.69) is 17.1 Å². The molecule has 1 atom stereocenters. The molecule has 1 aliphatic carbocycles. The Morgan fingerprint density at radius 2 is 1.82 bits per heavy atom. The van der Waals surface area contributed by atoms with Crippen molar-refractivity contribution in [2.24, 2.45) is 0 Å². The number of piperidine rings is 1. The van der Waals surface area contributed by atoms with Crippen molar-refractivity contribution in [1.29, 1.82) is 0 Å². The molecule has 0 spiro atoms. The predicted molar refractivity (Wildman–Crippen MR) is 74.4 cm³/mol. The summed E-state index contributed by atoms with van der Waals surface area (Å²) in [5.41, 5.74) is 0. The van der Waals surface area contributed by atoms with Gasteiger partial charge >= 0.3 is 0 Å². The number of rotatable bonds is 6. The van der Waals surface area contributed by atoms with E-state index in [0.717, 1.165) is 12.1 Å². The van der Waals surface area contributed by atoms with E-state index >= 15 is 0 Å². The second-order valence-corrected chi connectivity index (χ2v) is 5.91. The van der Waals surface area contributed by atoms with Gasteiger partial charge in [-0.2, -0.15) is 0 Å². The van der Waals surface area contributed by atoms with Gasteiger partial charge in [0.15, 0.2) is 0 Å². The Morgan fingerprint density at radius 1 is 1.06 bits per heavy atom. The predicted octanol–water partition coefficient (Wildman–Crippen LogP) is 3.17. The van der Waals surface area contributed by atoms with Crippen LogP contribution in [0, 0.1) is 0 Å². The maximum atomic E-state index is 3.75. The van der Waals surface area contributed by atoms with Crippen LogP contribution in [-0.4, -0.2) is 36.6 Å². The van der Waals surface area contributed by atoms with Gasteiger partial charge in [0.05, 0.1) is 0 Å². The van der Waals surface area contributed by atoms with Crippen LogP contribution in [0.2, 0.25) is 0 Å².